The molecule has 0 aromatic carbocycles. The van der Waals surface area contributed by atoms with Crippen LogP contribution in [0.25, 0.3) is 0 Å². The molecule has 0 radical (unpaired) electrons. The molecule has 0 heterocycles. The number of hydrogen-bond donors (Lipinski definition) is 1. The van der Waals surface area contributed by atoms with Crippen LogP contribution in [0.15, 0.2) is 12.2 Å². The van der Waals surface area contributed by atoms with Gasteiger partial charge in [-0.15, -0.1) is 0 Å². The largest absolute Gasteiger partial charge is 0.500 e. The molecule has 0 aliphatic rings. The number of esters is 1. The maximum atomic E-state index is 11.7. The van der Waals surface area contributed by atoms with Crippen molar-refractivity contribution in [1.29, 1.82) is 0 Å². The molecule has 0 bridgehead atoms. The Kier molecular flexibility index (Phi) is 19.1. The highest BCUT2D eigenvalue weighted by atomic mass is 28.4. The number of carbonyl (C=O) groups is 2. The summed E-state index contributed by atoms with van der Waals surface area (Å²) in [5.74, 6) is -0.475. The summed E-state index contributed by atoms with van der Waals surface area (Å²) >= 11 is 0. The van der Waals surface area contributed by atoms with E-state index in [2.05, 4.69) is 6.58 Å². The summed E-state index contributed by atoms with van der Waals surface area (Å²) in [6.45, 7) is 13.0. The predicted molar refractivity (Wildman–Crippen MR) is 132 cm³/mol. The summed E-state index contributed by atoms with van der Waals surface area (Å²) in [5.41, 5.74) is 5.33. The minimum atomic E-state index is -2.50. The van der Waals surface area contributed by atoms with Crippen LogP contribution in [0.5, 0.6) is 0 Å². The van der Waals surface area contributed by atoms with Gasteiger partial charge in [-0.1, -0.05) is 51.5 Å². The molecule has 0 aromatic rings. The Labute approximate surface area is 201 Å². The number of unbranched alkanes of at least 4 members (excludes halogenated alkanes) is 8. The normalized spacial score (nSPS) is 12.4. The molecule has 0 fully saturated rings. The van der Waals surface area contributed by atoms with Crippen LogP contribution in [0.4, 0.5) is 4.79 Å². The predicted octanol–water partition coefficient (Wildman–Crippen LogP) is 5.52. The Bertz CT molecular complexity index is 528. The van der Waals surface area contributed by atoms with Gasteiger partial charge in [-0.2, -0.15) is 0 Å². The van der Waals surface area contributed by atoms with E-state index in [1.54, 1.807) is 6.92 Å². The van der Waals surface area contributed by atoms with Gasteiger partial charge in [0.25, 0.3) is 0 Å². The Morgan fingerprint density at radius 2 is 1.27 bits per heavy atom. The Morgan fingerprint density at radius 1 is 0.818 bits per heavy atom. The lowest BCUT2D eigenvalue weighted by atomic mass is 10.1. The van der Waals surface area contributed by atoms with Crippen molar-refractivity contribution in [2.45, 2.75) is 104 Å². The maximum Gasteiger partial charge on any atom is 0.500 e. The molecule has 0 saturated carbocycles. The topological polar surface area (TPSA) is 106 Å². The maximum absolute atomic E-state index is 11.7. The number of nitrogens with two attached hydrogens (primary N) is 1. The molecule has 1 atom stereocenters. The Morgan fingerprint density at radius 3 is 1.70 bits per heavy atom. The van der Waals surface area contributed by atoms with Crippen LogP contribution in [-0.4, -0.2) is 53.4 Å². The van der Waals surface area contributed by atoms with E-state index in [-0.39, 0.29) is 6.61 Å². The van der Waals surface area contributed by atoms with Gasteiger partial charge < -0.3 is 28.5 Å². The van der Waals surface area contributed by atoms with Gasteiger partial charge in [0.2, 0.25) is 0 Å². The van der Waals surface area contributed by atoms with E-state index in [4.69, 9.17) is 28.5 Å². The van der Waals surface area contributed by atoms with E-state index in [0.717, 1.165) is 38.1 Å². The van der Waals surface area contributed by atoms with Gasteiger partial charge in [-0.05, 0) is 47.0 Å². The second-order valence-corrected chi connectivity index (χ2v) is 10.9. The molecular formula is C24H47NO7Si. The zero-order valence-corrected chi connectivity index (χ0v) is 22.3. The van der Waals surface area contributed by atoms with Crippen molar-refractivity contribution in [3.8, 4) is 0 Å². The Balaban J connectivity index is 3.94. The molecule has 0 aromatic heterocycles. The lowest BCUT2D eigenvalue weighted by molar-refractivity contribution is -0.146. The third-order valence-electron chi connectivity index (χ3n) is 5.14. The summed E-state index contributed by atoms with van der Waals surface area (Å²) < 4.78 is 27.8. The molecule has 0 rings (SSSR count). The molecule has 0 aliphatic heterocycles. The van der Waals surface area contributed by atoms with Crippen molar-refractivity contribution < 1.29 is 32.3 Å². The average Bonchev–Trinajstić information content (AvgIpc) is 2.75. The molecule has 1 unspecified atom stereocenters. The van der Waals surface area contributed by atoms with Gasteiger partial charge in [0.15, 0.2) is 0 Å². The first-order valence-corrected chi connectivity index (χ1v) is 14.4. The van der Waals surface area contributed by atoms with Crippen molar-refractivity contribution in [3.63, 3.8) is 0 Å². The molecule has 8 nitrogen and oxygen atoms in total. The van der Waals surface area contributed by atoms with Crippen molar-refractivity contribution >= 4 is 20.9 Å². The van der Waals surface area contributed by atoms with E-state index >= 15 is 0 Å². The number of hydrogen-bond acceptors (Lipinski definition) is 7. The van der Waals surface area contributed by atoms with Crippen molar-refractivity contribution in [2.24, 2.45) is 5.73 Å². The summed E-state index contributed by atoms with van der Waals surface area (Å²) in [6.07, 6.45) is 9.42. The number of rotatable bonds is 22. The Hall–Kier alpha value is -1.42. The fraction of sp³-hybridized carbons (Fsp3) is 0.833. The van der Waals surface area contributed by atoms with Gasteiger partial charge in [0, 0.05) is 31.4 Å². The minimum Gasteiger partial charge on any atom is -0.455 e. The molecule has 33 heavy (non-hydrogen) atoms. The smallest absolute Gasteiger partial charge is 0.455 e. The van der Waals surface area contributed by atoms with Gasteiger partial charge >= 0.3 is 20.9 Å². The first kappa shape index (κ1) is 31.6. The summed E-state index contributed by atoms with van der Waals surface area (Å²) in [5, 5.41) is 0. The molecule has 9 heteroatoms. The standard InChI is InChI=1S/C24H47NO7Si/c1-6-29-33(30-7-2,31-8-3)19-17-15-13-11-9-10-12-14-16-18-22(20-28-24(25)27)32-23(26)21(4)5/h22H,4,6-20H2,1-3,5H3,(H2,25,27). The monoisotopic (exact) mass is 489 g/mol. The van der Waals surface area contributed by atoms with Crippen LogP contribution in [0, 0.1) is 0 Å². The fourth-order valence-electron chi connectivity index (χ4n) is 3.56. The summed E-state index contributed by atoms with van der Waals surface area (Å²) in [7, 11) is -2.50. The van der Waals surface area contributed by atoms with Crippen LogP contribution >= 0.6 is 0 Å². The molecule has 0 saturated heterocycles. The third-order valence-corrected chi connectivity index (χ3v) is 8.29. The van der Waals surface area contributed by atoms with Gasteiger partial charge in [-0.25, -0.2) is 9.59 Å². The SMILES string of the molecule is C=C(C)C(=O)OC(CCCCCCCCCCC[Si](OCC)(OCC)OCC)COC(N)=O. The second-order valence-electron chi connectivity index (χ2n) is 8.14. The minimum absolute atomic E-state index is 0.0195. The molecule has 1 amide bonds. The van der Waals surface area contributed by atoms with E-state index < -0.39 is 27.0 Å². The van der Waals surface area contributed by atoms with Gasteiger partial charge in [0.1, 0.15) is 12.7 Å². The number of carbonyl (C=O) groups excluding carboxylic acids is 2. The van der Waals surface area contributed by atoms with Crippen molar-refractivity contribution in [3.05, 3.63) is 12.2 Å². The zero-order valence-electron chi connectivity index (χ0n) is 21.3. The lowest BCUT2D eigenvalue weighted by Gasteiger charge is -2.28. The quantitative estimate of drug-likeness (QED) is 0.0923. The van der Waals surface area contributed by atoms with E-state index in [1.807, 2.05) is 20.8 Å². The van der Waals surface area contributed by atoms with E-state index in [1.165, 1.54) is 25.7 Å². The van der Waals surface area contributed by atoms with E-state index in [0.29, 0.717) is 31.8 Å². The molecule has 194 valence electrons. The van der Waals surface area contributed by atoms with Crippen LogP contribution in [-0.2, 0) is 27.5 Å². The molecule has 0 spiro atoms. The second kappa shape index (κ2) is 20.0. The van der Waals surface area contributed by atoms with Crippen LogP contribution in [0.2, 0.25) is 6.04 Å². The summed E-state index contributed by atoms with van der Waals surface area (Å²) in [4.78, 5) is 22.5. The third kappa shape index (κ3) is 16.8. The first-order chi connectivity index (χ1) is 15.8. The fourth-order valence-corrected chi connectivity index (χ4v) is 6.24. The highest BCUT2D eigenvalue weighted by Gasteiger charge is 2.39. The van der Waals surface area contributed by atoms with Crippen LogP contribution < -0.4 is 5.73 Å². The highest BCUT2D eigenvalue weighted by molar-refractivity contribution is 6.60. The van der Waals surface area contributed by atoms with Crippen molar-refractivity contribution in [2.75, 3.05) is 26.4 Å². The number of primary amides is 1. The average molecular weight is 490 g/mol. The lowest BCUT2D eigenvalue weighted by Crippen LogP contribution is -2.45. The first-order valence-electron chi connectivity index (χ1n) is 12.5. The number of amides is 1. The zero-order chi connectivity index (χ0) is 25.0. The highest BCUT2D eigenvalue weighted by Crippen LogP contribution is 2.21. The summed E-state index contributed by atoms with van der Waals surface area (Å²) in [6, 6.07) is 0.888. The van der Waals surface area contributed by atoms with Crippen LogP contribution in [0.3, 0.4) is 0 Å². The van der Waals surface area contributed by atoms with Crippen molar-refractivity contribution in [1.82, 2.24) is 0 Å². The van der Waals surface area contributed by atoms with Gasteiger partial charge in [0.05, 0.1) is 0 Å². The number of ether oxygens (including phenoxy) is 2. The van der Waals surface area contributed by atoms with Gasteiger partial charge in [-0.3, -0.25) is 0 Å². The molecule has 0 aliphatic carbocycles. The molecular weight excluding hydrogens is 442 g/mol. The molecule has 2 N–H and O–H groups in total. The van der Waals surface area contributed by atoms with Crippen LogP contribution in [0.1, 0.15) is 91.9 Å². The van der Waals surface area contributed by atoms with E-state index in [9.17, 15) is 9.59 Å².